The fraction of sp³-hybridized carbons (Fsp3) is 0.294. The third-order valence-corrected chi connectivity index (χ3v) is 7.20. The summed E-state index contributed by atoms with van der Waals surface area (Å²) in [4.78, 5) is 10.3. The standard InChI is InChI=1S/C34H36N2O2.2BrH.Zn/c1-33(2,3)23-13-17-29(37-7)25(19-23)27-15-11-21-9-10-22-12-16-28(36-32(22)31(21)35-27)26-20-24(34(4,5)6)14-18-30(26)38-8;;;/h9-20H,1-8H3;2*1H;/q;;;+2/p-2. The summed E-state index contributed by atoms with van der Waals surface area (Å²) in [6.07, 6.45) is 0. The number of halogens is 2. The molecule has 210 valence electrons. The number of benzene rings is 3. The minimum atomic E-state index is -0.250. The molecule has 4 nitrogen and oxygen atoms in total. The zero-order valence-corrected chi connectivity index (χ0v) is 31.2. The fourth-order valence-electron chi connectivity index (χ4n) is 4.82. The van der Waals surface area contributed by atoms with E-state index in [1.54, 1.807) is 14.2 Å². The number of fused-ring (bicyclic) bond motifs is 3. The Balaban J connectivity index is 0.00000124. The Morgan fingerprint density at radius 1 is 0.561 bits per heavy atom. The van der Waals surface area contributed by atoms with Gasteiger partial charge in [0.05, 0.1) is 36.6 Å². The molecule has 0 aliphatic carbocycles. The van der Waals surface area contributed by atoms with Crippen molar-refractivity contribution in [3.05, 3.63) is 83.9 Å². The summed E-state index contributed by atoms with van der Waals surface area (Å²) < 4.78 is 11.5. The first-order valence-corrected chi connectivity index (χ1v) is 27.5. The van der Waals surface area contributed by atoms with Crippen LogP contribution >= 0.6 is 27.2 Å². The van der Waals surface area contributed by atoms with Crippen molar-refractivity contribution in [2.75, 3.05) is 14.2 Å². The molecule has 5 aromatic rings. The van der Waals surface area contributed by atoms with Crippen LogP contribution in [0.25, 0.3) is 44.3 Å². The molecular formula is C34H36Br2N2O2Zn. The summed E-state index contributed by atoms with van der Waals surface area (Å²) in [5.74, 6) is 1.62. The molecule has 0 unspecified atom stereocenters. The second kappa shape index (κ2) is 12.9. The van der Waals surface area contributed by atoms with Crippen LogP contribution < -0.4 is 9.47 Å². The van der Waals surface area contributed by atoms with Gasteiger partial charge in [0.1, 0.15) is 11.5 Å². The molecule has 0 saturated carbocycles. The molecule has 41 heavy (non-hydrogen) atoms. The number of aromatic nitrogens is 2. The summed E-state index contributed by atoms with van der Waals surface area (Å²) in [6.45, 7) is 13.3. The first kappa shape index (κ1) is 31.6. The molecule has 0 aliphatic rings. The van der Waals surface area contributed by atoms with E-state index in [-0.39, 0.29) is 24.0 Å². The molecule has 7 heteroatoms. The van der Waals surface area contributed by atoms with Gasteiger partial charge < -0.3 is 9.47 Å². The summed E-state index contributed by atoms with van der Waals surface area (Å²) in [6, 6.07) is 25.3. The average molecular weight is 730 g/mol. The van der Waals surface area contributed by atoms with E-state index in [1.807, 2.05) is 12.1 Å². The monoisotopic (exact) mass is 726 g/mol. The van der Waals surface area contributed by atoms with Crippen LogP contribution in [0.1, 0.15) is 52.7 Å². The average Bonchev–Trinajstić information content (AvgIpc) is 2.95. The first-order chi connectivity index (χ1) is 19.4. The number of hydrogen-bond donors (Lipinski definition) is 0. The van der Waals surface area contributed by atoms with Crippen LogP contribution in [0.2, 0.25) is 0 Å². The SMILES string of the molecule is COc1ccc(C(C)(C)C)cc1-c1ccc2ccc3ccc(-c4cc(C(C)(C)C)ccc4OC)nc3c2n1.[Br][Zn][Br]. The molecule has 0 amide bonds. The second-order valence-electron chi connectivity index (χ2n) is 12.0. The van der Waals surface area contributed by atoms with Crippen LogP contribution in [0.5, 0.6) is 11.5 Å². The van der Waals surface area contributed by atoms with Gasteiger partial charge in [-0.2, -0.15) is 0 Å². The van der Waals surface area contributed by atoms with Gasteiger partial charge in [-0.3, -0.25) is 0 Å². The fourth-order valence-corrected chi connectivity index (χ4v) is 4.82. The van der Waals surface area contributed by atoms with Crippen molar-refractivity contribution in [3.63, 3.8) is 0 Å². The van der Waals surface area contributed by atoms with Crippen molar-refractivity contribution >= 4 is 49.1 Å². The van der Waals surface area contributed by atoms with E-state index in [1.165, 1.54) is 11.1 Å². The van der Waals surface area contributed by atoms with Crippen molar-refractivity contribution in [1.29, 1.82) is 0 Å². The number of ether oxygens (including phenoxy) is 2. The second-order valence-corrected chi connectivity index (χ2v) is 26.1. The van der Waals surface area contributed by atoms with Gasteiger partial charge in [0.15, 0.2) is 0 Å². The predicted octanol–water partition coefficient (Wildman–Crippen LogP) is 10.4. The first-order valence-electron chi connectivity index (χ1n) is 13.6. The summed E-state index contributed by atoms with van der Waals surface area (Å²) in [5, 5.41) is 2.10. The van der Waals surface area contributed by atoms with Crippen LogP contribution in [-0.4, -0.2) is 24.2 Å². The van der Waals surface area contributed by atoms with Crippen molar-refractivity contribution < 1.29 is 22.7 Å². The van der Waals surface area contributed by atoms with Crippen molar-refractivity contribution in [1.82, 2.24) is 9.97 Å². The number of pyridine rings is 2. The molecular weight excluding hydrogens is 694 g/mol. The van der Waals surface area contributed by atoms with Gasteiger partial charge in [0.25, 0.3) is 0 Å². The van der Waals surface area contributed by atoms with E-state index < -0.39 is 0 Å². The molecule has 0 N–H and O–H groups in total. The van der Waals surface area contributed by atoms with Crippen molar-refractivity contribution in [2.45, 2.75) is 52.4 Å². The van der Waals surface area contributed by atoms with Gasteiger partial charge in [0.2, 0.25) is 0 Å². The zero-order chi connectivity index (χ0) is 29.9. The number of methoxy groups -OCH3 is 2. The molecule has 0 atom stereocenters. The summed E-state index contributed by atoms with van der Waals surface area (Å²) >= 11 is 6.25. The third-order valence-electron chi connectivity index (χ3n) is 7.20. The van der Waals surface area contributed by atoms with Gasteiger partial charge in [-0.25, -0.2) is 9.97 Å². The Morgan fingerprint density at radius 2 is 0.902 bits per heavy atom. The van der Waals surface area contributed by atoms with Crippen molar-refractivity contribution in [2.24, 2.45) is 0 Å². The minimum absolute atomic E-state index is 0.0155. The zero-order valence-electron chi connectivity index (χ0n) is 25.1. The molecule has 0 saturated heterocycles. The molecule has 0 spiro atoms. The normalized spacial score (nSPS) is 11.6. The Labute approximate surface area is 264 Å². The molecule has 0 aliphatic heterocycles. The topological polar surface area (TPSA) is 44.2 Å². The van der Waals surface area contributed by atoms with Gasteiger partial charge in [-0.15, -0.1) is 0 Å². The van der Waals surface area contributed by atoms with Crippen LogP contribution in [0.3, 0.4) is 0 Å². The third kappa shape index (κ3) is 7.01. The molecule has 0 radical (unpaired) electrons. The van der Waals surface area contributed by atoms with E-state index in [0.717, 1.165) is 55.8 Å². The number of nitrogens with zero attached hydrogens (tertiary/aromatic N) is 2. The maximum absolute atomic E-state index is 5.74. The van der Waals surface area contributed by atoms with Crippen molar-refractivity contribution in [3.8, 4) is 34.0 Å². The number of rotatable bonds is 4. The van der Waals surface area contributed by atoms with E-state index in [9.17, 15) is 0 Å². The van der Waals surface area contributed by atoms with Gasteiger partial charge in [0, 0.05) is 21.9 Å². The summed E-state index contributed by atoms with van der Waals surface area (Å²) in [5.41, 5.74) is 7.94. The molecule has 5 rings (SSSR count). The quantitative estimate of drug-likeness (QED) is 0.137. The number of hydrogen-bond acceptors (Lipinski definition) is 4. The Kier molecular flexibility index (Phi) is 9.94. The van der Waals surface area contributed by atoms with Gasteiger partial charge in [-0.05, 0) is 58.4 Å². The van der Waals surface area contributed by atoms with E-state index in [2.05, 4.69) is 129 Å². The van der Waals surface area contributed by atoms with E-state index >= 15 is 0 Å². The molecule has 3 aromatic carbocycles. The van der Waals surface area contributed by atoms with Crippen LogP contribution in [-0.2, 0) is 24.0 Å². The van der Waals surface area contributed by atoms with E-state index in [0.29, 0.717) is 0 Å². The molecule has 0 fully saturated rings. The van der Waals surface area contributed by atoms with E-state index in [4.69, 9.17) is 19.4 Å². The van der Waals surface area contributed by atoms with Crippen LogP contribution in [0.15, 0.2) is 72.8 Å². The Bertz CT molecular complexity index is 1570. The van der Waals surface area contributed by atoms with Gasteiger partial charge >= 0.3 is 40.5 Å². The summed E-state index contributed by atoms with van der Waals surface area (Å²) in [7, 11) is 3.41. The Morgan fingerprint density at radius 3 is 1.22 bits per heavy atom. The predicted molar refractivity (Wildman–Crippen MR) is 176 cm³/mol. The molecule has 0 bridgehead atoms. The Hall–Kier alpha value is -2.34. The van der Waals surface area contributed by atoms with Crippen LogP contribution in [0.4, 0.5) is 0 Å². The van der Waals surface area contributed by atoms with Crippen LogP contribution in [0, 0.1) is 0 Å². The molecule has 2 aromatic heterocycles. The van der Waals surface area contributed by atoms with Gasteiger partial charge in [-0.1, -0.05) is 77.9 Å². The molecule has 2 heterocycles. The maximum atomic E-state index is 5.74.